The number of halogens is 1. The molecule has 0 aliphatic carbocycles. The van der Waals surface area contributed by atoms with Crippen LogP contribution < -0.4 is 4.90 Å². The highest BCUT2D eigenvalue weighted by atomic mass is 35.5. The average molecular weight is 318 g/mol. The van der Waals surface area contributed by atoms with Gasteiger partial charge in [0.25, 0.3) is 0 Å². The van der Waals surface area contributed by atoms with E-state index in [1.807, 2.05) is 12.3 Å². The zero-order valence-electron chi connectivity index (χ0n) is 12.9. The van der Waals surface area contributed by atoms with E-state index in [1.165, 1.54) is 25.7 Å². The first-order chi connectivity index (χ1) is 10.6. The van der Waals surface area contributed by atoms with Gasteiger partial charge in [0, 0.05) is 18.1 Å². The summed E-state index contributed by atoms with van der Waals surface area (Å²) in [5.41, 5.74) is 1.43. The molecule has 2 aromatic rings. The quantitative estimate of drug-likeness (QED) is 0.797. The number of aromatic nitrogens is 3. The Morgan fingerprint density at radius 3 is 2.55 bits per heavy atom. The lowest BCUT2D eigenvalue weighted by Crippen LogP contribution is -2.49. The van der Waals surface area contributed by atoms with Crippen LogP contribution >= 0.6 is 11.6 Å². The molecule has 3 atom stereocenters. The van der Waals surface area contributed by atoms with Crippen LogP contribution in [0.5, 0.6) is 0 Å². The van der Waals surface area contributed by atoms with Crippen LogP contribution in [-0.2, 0) is 0 Å². The van der Waals surface area contributed by atoms with Gasteiger partial charge in [-0.1, -0.05) is 11.6 Å². The van der Waals surface area contributed by atoms with Crippen LogP contribution in [0.2, 0.25) is 5.15 Å². The Kier molecular flexibility index (Phi) is 3.42. The van der Waals surface area contributed by atoms with Crippen molar-refractivity contribution in [1.29, 1.82) is 0 Å². The molecule has 6 heteroatoms. The van der Waals surface area contributed by atoms with Gasteiger partial charge < -0.3 is 9.80 Å². The number of piperidine rings is 1. The predicted octanol–water partition coefficient (Wildman–Crippen LogP) is 2.74. The summed E-state index contributed by atoms with van der Waals surface area (Å²) in [7, 11) is 4.37. The molecule has 2 saturated heterocycles. The summed E-state index contributed by atoms with van der Waals surface area (Å²) < 4.78 is 0. The van der Waals surface area contributed by atoms with Crippen molar-refractivity contribution in [3.05, 3.63) is 23.5 Å². The van der Waals surface area contributed by atoms with Crippen molar-refractivity contribution in [2.45, 2.75) is 43.8 Å². The van der Waals surface area contributed by atoms with Crippen LogP contribution in [0.3, 0.4) is 0 Å². The van der Waals surface area contributed by atoms with Crippen molar-refractivity contribution >= 4 is 28.6 Å². The summed E-state index contributed by atoms with van der Waals surface area (Å²) in [6, 6.07) is 5.52. The van der Waals surface area contributed by atoms with Gasteiger partial charge in [-0.25, -0.2) is 15.0 Å². The van der Waals surface area contributed by atoms with E-state index in [1.54, 1.807) is 6.07 Å². The summed E-state index contributed by atoms with van der Waals surface area (Å²) in [6.45, 7) is 0. The molecule has 0 unspecified atom stereocenters. The Morgan fingerprint density at radius 2 is 1.86 bits per heavy atom. The van der Waals surface area contributed by atoms with Crippen LogP contribution in [0.15, 0.2) is 18.3 Å². The van der Waals surface area contributed by atoms with Crippen LogP contribution in [0.25, 0.3) is 11.2 Å². The van der Waals surface area contributed by atoms with E-state index in [4.69, 9.17) is 16.6 Å². The first-order valence-electron chi connectivity index (χ1n) is 7.86. The van der Waals surface area contributed by atoms with E-state index in [2.05, 4.69) is 33.9 Å². The minimum atomic E-state index is 0.460. The van der Waals surface area contributed by atoms with Crippen LogP contribution in [0, 0.1) is 0 Å². The molecular weight excluding hydrogens is 298 g/mol. The van der Waals surface area contributed by atoms with Gasteiger partial charge in [-0.05, 0) is 51.9 Å². The van der Waals surface area contributed by atoms with E-state index >= 15 is 0 Å². The van der Waals surface area contributed by atoms with Crippen molar-refractivity contribution in [1.82, 2.24) is 19.9 Å². The lowest BCUT2D eigenvalue weighted by atomic mass is 9.96. The largest absolute Gasteiger partial charge is 0.349 e. The molecule has 2 aromatic heterocycles. The summed E-state index contributed by atoms with van der Waals surface area (Å²) in [6.07, 6.45) is 6.79. The fourth-order valence-corrected chi connectivity index (χ4v) is 4.08. The molecule has 0 radical (unpaired) electrons. The van der Waals surface area contributed by atoms with Crippen molar-refractivity contribution in [3.63, 3.8) is 0 Å². The molecule has 0 amide bonds. The number of anilines is 1. The van der Waals surface area contributed by atoms with Gasteiger partial charge in [0.05, 0.1) is 6.20 Å². The summed E-state index contributed by atoms with van der Waals surface area (Å²) in [4.78, 5) is 18.3. The lowest BCUT2D eigenvalue weighted by Gasteiger charge is -2.41. The normalized spacial score (nSPS) is 27.8. The van der Waals surface area contributed by atoms with E-state index in [0.717, 1.165) is 11.3 Å². The van der Waals surface area contributed by atoms with Crippen molar-refractivity contribution in [3.8, 4) is 0 Å². The second-order valence-corrected chi connectivity index (χ2v) is 6.97. The fraction of sp³-hybridized carbons (Fsp3) is 0.562. The van der Waals surface area contributed by atoms with Gasteiger partial charge in [-0.15, -0.1) is 0 Å². The third-order valence-corrected chi connectivity index (χ3v) is 5.27. The van der Waals surface area contributed by atoms with Gasteiger partial charge in [0.1, 0.15) is 16.5 Å². The molecule has 2 fully saturated rings. The minimum absolute atomic E-state index is 0.460. The molecule has 5 nitrogen and oxygen atoms in total. The molecule has 2 aliphatic rings. The summed E-state index contributed by atoms with van der Waals surface area (Å²) >= 11 is 5.92. The number of hydrogen-bond acceptors (Lipinski definition) is 5. The maximum absolute atomic E-state index is 5.92. The summed E-state index contributed by atoms with van der Waals surface area (Å²) in [5.74, 6) is 0.987. The molecule has 22 heavy (non-hydrogen) atoms. The zero-order valence-corrected chi connectivity index (χ0v) is 13.7. The first-order valence-corrected chi connectivity index (χ1v) is 8.23. The van der Waals surface area contributed by atoms with E-state index in [9.17, 15) is 0 Å². The third kappa shape index (κ3) is 2.32. The van der Waals surface area contributed by atoms with Crippen LogP contribution in [-0.4, -0.2) is 52.1 Å². The molecule has 0 spiro atoms. The fourth-order valence-electron chi connectivity index (χ4n) is 3.94. The molecule has 4 rings (SSSR count). The number of rotatable bonds is 2. The highest BCUT2D eigenvalue weighted by Crippen LogP contribution is 2.39. The van der Waals surface area contributed by atoms with Gasteiger partial charge in [0.15, 0.2) is 5.65 Å². The van der Waals surface area contributed by atoms with Crippen molar-refractivity contribution in [2.24, 2.45) is 0 Å². The summed E-state index contributed by atoms with van der Waals surface area (Å²) in [5, 5.41) is 0.460. The molecule has 0 saturated carbocycles. The maximum atomic E-state index is 5.92. The van der Waals surface area contributed by atoms with E-state index in [-0.39, 0.29) is 0 Å². The van der Waals surface area contributed by atoms with Crippen LogP contribution in [0.1, 0.15) is 25.7 Å². The van der Waals surface area contributed by atoms with Gasteiger partial charge >= 0.3 is 0 Å². The monoisotopic (exact) mass is 317 g/mol. The molecule has 0 N–H and O–H groups in total. The number of nitrogens with zero attached hydrogens (tertiary/aromatic N) is 5. The van der Waals surface area contributed by atoms with Gasteiger partial charge in [0.2, 0.25) is 0 Å². The first kappa shape index (κ1) is 14.2. The van der Waals surface area contributed by atoms with E-state index in [0.29, 0.717) is 28.9 Å². The topological polar surface area (TPSA) is 45.2 Å². The van der Waals surface area contributed by atoms with E-state index < -0.39 is 0 Å². The molecule has 116 valence electrons. The lowest BCUT2D eigenvalue weighted by molar-refractivity contribution is 0.221. The smallest absolute Gasteiger partial charge is 0.179 e. The highest BCUT2D eigenvalue weighted by molar-refractivity contribution is 6.29. The molecule has 4 heterocycles. The highest BCUT2D eigenvalue weighted by Gasteiger charge is 2.42. The Labute approximate surface area is 135 Å². The Bertz CT molecular complexity index is 690. The van der Waals surface area contributed by atoms with Crippen molar-refractivity contribution in [2.75, 3.05) is 19.0 Å². The molecular formula is C16H20ClN5. The minimum Gasteiger partial charge on any atom is -0.349 e. The Hall–Kier alpha value is -1.46. The average Bonchev–Trinajstić information content (AvgIpc) is 2.76. The third-order valence-electron chi connectivity index (χ3n) is 5.06. The zero-order chi connectivity index (χ0) is 15.3. The number of hydrogen-bond donors (Lipinski definition) is 0. The molecule has 0 aromatic carbocycles. The number of pyridine rings is 1. The SMILES string of the molecule is CN(C)[C@H]1C[C@H]2CC[C@@H](C1)N2c1cnc2nc(Cl)ccc2n1. The molecule has 2 aliphatic heterocycles. The van der Waals surface area contributed by atoms with Gasteiger partial charge in [-0.3, -0.25) is 0 Å². The Morgan fingerprint density at radius 1 is 1.14 bits per heavy atom. The maximum Gasteiger partial charge on any atom is 0.179 e. The predicted molar refractivity (Wildman–Crippen MR) is 88.3 cm³/mol. The number of fused-ring (bicyclic) bond motifs is 3. The molecule has 2 bridgehead atoms. The second kappa shape index (κ2) is 5.32. The van der Waals surface area contributed by atoms with Gasteiger partial charge in [-0.2, -0.15) is 0 Å². The standard InChI is InChI=1S/C16H20ClN5/c1-21(2)12-7-10-3-4-11(8-12)22(10)15-9-18-16-13(19-15)5-6-14(17)20-16/h5-6,9-12H,3-4,7-8H2,1-2H3/t10-,11+,12+. The van der Waals surface area contributed by atoms with Crippen molar-refractivity contribution < 1.29 is 0 Å². The second-order valence-electron chi connectivity index (χ2n) is 6.59. The Balaban J connectivity index is 1.66. The van der Waals surface area contributed by atoms with Crippen LogP contribution in [0.4, 0.5) is 5.82 Å².